The molecule has 0 saturated carbocycles. The van der Waals surface area contributed by atoms with Crippen molar-refractivity contribution in [3.05, 3.63) is 53.1 Å². The molecule has 21 heavy (non-hydrogen) atoms. The molecule has 0 amide bonds. The second kappa shape index (κ2) is 6.30. The maximum absolute atomic E-state index is 13.8. The minimum atomic E-state index is -0.923. The lowest BCUT2D eigenvalue weighted by Gasteiger charge is -2.17. The Hall–Kier alpha value is -1.82. The molecular weight excluding hydrogens is 279 g/mol. The van der Waals surface area contributed by atoms with E-state index in [2.05, 4.69) is 10.4 Å². The minimum absolute atomic E-state index is 0.169. The van der Waals surface area contributed by atoms with Crippen LogP contribution in [-0.4, -0.2) is 16.8 Å². The molecule has 1 heterocycles. The predicted octanol–water partition coefficient (Wildman–Crippen LogP) is 3.38. The molecule has 1 aromatic carbocycles. The van der Waals surface area contributed by atoms with Gasteiger partial charge in [0.2, 0.25) is 0 Å². The van der Waals surface area contributed by atoms with Crippen molar-refractivity contribution in [3.8, 4) is 0 Å². The van der Waals surface area contributed by atoms with Crippen LogP contribution in [0.5, 0.6) is 0 Å². The van der Waals surface area contributed by atoms with Crippen LogP contribution in [0.25, 0.3) is 0 Å². The molecule has 1 aromatic heterocycles. The summed E-state index contributed by atoms with van der Waals surface area (Å²) in [5, 5.41) is 7.21. The molecule has 0 saturated heterocycles. The molecular formula is C15H18F3N3. The molecule has 3 nitrogen and oxygen atoms in total. The topological polar surface area (TPSA) is 29.9 Å². The standard InChI is InChI=1S/C15H18F3N3/c1-9(2)21-5-4-11(20-21)8-14(19-3)15-12(17)6-10(16)7-13(15)18/h4-7,9,14,19H,8H2,1-3H3. The van der Waals surface area contributed by atoms with E-state index in [1.54, 1.807) is 11.7 Å². The number of likely N-dealkylation sites (N-methyl/N-ethyl adjacent to an activating group) is 1. The molecule has 0 fully saturated rings. The van der Waals surface area contributed by atoms with Crippen LogP contribution >= 0.6 is 0 Å². The molecule has 2 aromatic rings. The number of hydrogen-bond donors (Lipinski definition) is 1. The van der Waals surface area contributed by atoms with Gasteiger partial charge in [-0.05, 0) is 27.0 Å². The van der Waals surface area contributed by atoms with E-state index in [-0.39, 0.29) is 11.6 Å². The number of nitrogens with zero attached hydrogens (tertiary/aromatic N) is 2. The van der Waals surface area contributed by atoms with Gasteiger partial charge in [-0.1, -0.05) is 0 Å². The third kappa shape index (κ3) is 3.44. The maximum Gasteiger partial charge on any atom is 0.133 e. The number of halogens is 3. The lowest BCUT2D eigenvalue weighted by molar-refractivity contribution is 0.467. The van der Waals surface area contributed by atoms with Gasteiger partial charge in [0.15, 0.2) is 0 Å². The van der Waals surface area contributed by atoms with Gasteiger partial charge in [-0.3, -0.25) is 4.68 Å². The van der Waals surface area contributed by atoms with Crippen LogP contribution in [0, 0.1) is 17.5 Å². The molecule has 0 aliphatic heterocycles. The summed E-state index contributed by atoms with van der Waals surface area (Å²) < 4.78 is 42.4. The third-order valence-electron chi connectivity index (χ3n) is 3.35. The summed E-state index contributed by atoms with van der Waals surface area (Å²) in [5.41, 5.74) is 0.546. The Morgan fingerprint density at radius 2 is 1.81 bits per heavy atom. The number of aromatic nitrogens is 2. The first-order chi connectivity index (χ1) is 9.92. The zero-order valence-electron chi connectivity index (χ0n) is 12.2. The zero-order valence-corrected chi connectivity index (χ0v) is 12.2. The second-order valence-corrected chi connectivity index (χ2v) is 5.21. The molecule has 1 unspecified atom stereocenters. The van der Waals surface area contributed by atoms with Gasteiger partial charge in [0, 0.05) is 42.4 Å². The highest BCUT2D eigenvalue weighted by Crippen LogP contribution is 2.24. The molecule has 0 spiro atoms. The summed E-state index contributed by atoms with van der Waals surface area (Å²) in [4.78, 5) is 0. The molecule has 6 heteroatoms. The summed E-state index contributed by atoms with van der Waals surface area (Å²) in [6, 6.07) is 2.79. The fraction of sp³-hybridized carbons (Fsp3) is 0.400. The molecule has 2 rings (SSSR count). The molecule has 0 bridgehead atoms. The summed E-state index contributed by atoms with van der Waals surface area (Å²) in [6.45, 7) is 3.98. The molecule has 1 N–H and O–H groups in total. The molecule has 0 aliphatic rings. The Labute approximate surface area is 121 Å². The Morgan fingerprint density at radius 1 is 1.19 bits per heavy atom. The van der Waals surface area contributed by atoms with E-state index >= 15 is 0 Å². The van der Waals surface area contributed by atoms with Crippen molar-refractivity contribution in [1.29, 1.82) is 0 Å². The van der Waals surface area contributed by atoms with Crippen molar-refractivity contribution in [3.63, 3.8) is 0 Å². The summed E-state index contributed by atoms with van der Waals surface area (Å²) in [5.74, 6) is -2.71. The fourth-order valence-electron chi connectivity index (χ4n) is 2.22. The lowest BCUT2D eigenvalue weighted by atomic mass is 10.0. The monoisotopic (exact) mass is 297 g/mol. The van der Waals surface area contributed by atoms with Crippen molar-refractivity contribution >= 4 is 0 Å². The maximum atomic E-state index is 13.8. The van der Waals surface area contributed by atoms with E-state index in [0.29, 0.717) is 24.2 Å². The van der Waals surface area contributed by atoms with Gasteiger partial charge in [0.1, 0.15) is 17.5 Å². The van der Waals surface area contributed by atoms with Crippen LogP contribution in [0.3, 0.4) is 0 Å². The van der Waals surface area contributed by atoms with Crippen LogP contribution in [0.1, 0.15) is 37.2 Å². The highest BCUT2D eigenvalue weighted by Gasteiger charge is 2.21. The Balaban J connectivity index is 2.27. The SMILES string of the molecule is CNC(Cc1ccn(C(C)C)n1)c1c(F)cc(F)cc1F. The van der Waals surface area contributed by atoms with Crippen molar-refractivity contribution in [2.24, 2.45) is 0 Å². The van der Waals surface area contributed by atoms with E-state index in [1.165, 1.54) is 0 Å². The van der Waals surface area contributed by atoms with Gasteiger partial charge in [-0.15, -0.1) is 0 Å². The molecule has 0 radical (unpaired) electrons. The zero-order chi connectivity index (χ0) is 15.6. The van der Waals surface area contributed by atoms with Crippen molar-refractivity contribution in [1.82, 2.24) is 15.1 Å². The normalized spacial score (nSPS) is 12.9. The van der Waals surface area contributed by atoms with Gasteiger partial charge in [-0.2, -0.15) is 5.10 Å². The summed E-state index contributed by atoms with van der Waals surface area (Å²) in [7, 11) is 1.60. The van der Waals surface area contributed by atoms with Crippen LogP contribution in [0.4, 0.5) is 13.2 Å². The fourth-order valence-corrected chi connectivity index (χ4v) is 2.22. The van der Waals surface area contributed by atoms with Gasteiger partial charge in [0.25, 0.3) is 0 Å². The van der Waals surface area contributed by atoms with E-state index in [0.717, 1.165) is 0 Å². The Morgan fingerprint density at radius 3 is 2.29 bits per heavy atom. The largest absolute Gasteiger partial charge is 0.312 e. The highest BCUT2D eigenvalue weighted by molar-refractivity contribution is 5.25. The number of hydrogen-bond acceptors (Lipinski definition) is 2. The minimum Gasteiger partial charge on any atom is -0.312 e. The Kier molecular flexibility index (Phi) is 4.67. The third-order valence-corrected chi connectivity index (χ3v) is 3.35. The number of benzene rings is 1. The van der Waals surface area contributed by atoms with Gasteiger partial charge >= 0.3 is 0 Å². The van der Waals surface area contributed by atoms with E-state index < -0.39 is 23.5 Å². The highest BCUT2D eigenvalue weighted by atomic mass is 19.1. The van der Waals surface area contributed by atoms with E-state index in [9.17, 15) is 13.2 Å². The number of rotatable bonds is 5. The first-order valence-electron chi connectivity index (χ1n) is 6.78. The summed E-state index contributed by atoms with van der Waals surface area (Å²) in [6.07, 6.45) is 2.14. The van der Waals surface area contributed by atoms with E-state index in [4.69, 9.17) is 0 Å². The average molecular weight is 297 g/mol. The van der Waals surface area contributed by atoms with Crippen LogP contribution in [0.2, 0.25) is 0 Å². The van der Waals surface area contributed by atoms with Gasteiger partial charge < -0.3 is 5.32 Å². The van der Waals surface area contributed by atoms with E-state index in [1.807, 2.05) is 26.1 Å². The lowest BCUT2D eigenvalue weighted by Crippen LogP contribution is -2.22. The first-order valence-corrected chi connectivity index (χ1v) is 6.78. The summed E-state index contributed by atoms with van der Waals surface area (Å²) >= 11 is 0. The van der Waals surface area contributed by atoms with Gasteiger partial charge in [0.05, 0.1) is 5.69 Å². The van der Waals surface area contributed by atoms with Crippen molar-refractivity contribution in [2.75, 3.05) is 7.05 Å². The average Bonchev–Trinajstić information content (AvgIpc) is 2.85. The van der Waals surface area contributed by atoms with Crippen LogP contribution in [-0.2, 0) is 6.42 Å². The molecule has 1 atom stereocenters. The van der Waals surface area contributed by atoms with Gasteiger partial charge in [-0.25, -0.2) is 13.2 Å². The molecule has 0 aliphatic carbocycles. The van der Waals surface area contributed by atoms with Crippen molar-refractivity contribution < 1.29 is 13.2 Å². The molecule has 114 valence electrons. The smallest absolute Gasteiger partial charge is 0.133 e. The quantitative estimate of drug-likeness (QED) is 0.917. The van der Waals surface area contributed by atoms with Crippen LogP contribution < -0.4 is 5.32 Å². The first kappa shape index (κ1) is 15.6. The predicted molar refractivity (Wildman–Crippen MR) is 74.4 cm³/mol. The second-order valence-electron chi connectivity index (χ2n) is 5.21. The number of nitrogens with one attached hydrogen (secondary N) is 1. The van der Waals surface area contributed by atoms with Crippen molar-refractivity contribution in [2.45, 2.75) is 32.4 Å². The van der Waals surface area contributed by atoms with Crippen LogP contribution in [0.15, 0.2) is 24.4 Å². The Bertz CT molecular complexity index is 599.